The minimum Gasteiger partial charge on any atom is -0.338 e. The Labute approximate surface area is 171 Å². The average molecular weight is 387 g/mol. The van der Waals surface area contributed by atoms with E-state index in [1.54, 1.807) is 12.5 Å². The number of aromatic nitrogens is 2. The van der Waals surface area contributed by atoms with Gasteiger partial charge in [-0.1, -0.05) is 35.9 Å². The van der Waals surface area contributed by atoms with Crippen LogP contribution in [0, 0.1) is 12.8 Å². The summed E-state index contributed by atoms with van der Waals surface area (Å²) < 4.78 is 1.88. The minimum absolute atomic E-state index is 0.0273. The number of hydrogen-bond donors (Lipinski definition) is 0. The molecule has 29 heavy (non-hydrogen) atoms. The quantitative estimate of drug-likeness (QED) is 0.613. The SMILES string of the molecule is Cc1ccc(C(=O)CC2CCCN(C(=O)c3cccc(-n4ccnc4)c3)C2)cc1. The molecule has 3 aromatic rings. The molecule has 5 heteroatoms. The predicted octanol–water partition coefficient (Wildman–Crippen LogP) is 4.31. The summed E-state index contributed by atoms with van der Waals surface area (Å²) in [6.45, 7) is 3.38. The highest BCUT2D eigenvalue weighted by molar-refractivity contribution is 5.97. The summed E-state index contributed by atoms with van der Waals surface area (Å²) in [6.07, 6.45) is 7.69. The van der Waals surface area contributed by atoms with Crippen LogP contribution in [0.25, 0.3) is 5.69 Å². The number of ketones is 1. The van der Waals surface area contributed by atoms with Gasteiger partial charge >= 0.3 is 0 Å². The van der Waals surface area contributed by atoms with Gasteiger partial charge in [0.05, 0.1) is 6.33 Å². The van der Waals surface area contributed by atoms with Gasteiger partial charge in [-0.15, -0.1) is 0 Å². The maximum atomic E-state index is 13.1. The molecule has 5 nitrogen and oxygen atoms in total. The zero-order valence-electron chi connectivity index (χ0n) is 16.6. The summed E-state index contributed by atoms with van der Waals surface area (Å²) >= 11 is 0. The van der Waals surface area contributed by atoms with Gasteiger partial charge in [-0.2, -0.15) is 0 Å². The van der Waals surface area contributed by atoms with Crippen molar-refractivity contribution in [3.8, 4) is 5.69 Å². The summed E-state index contributed by atoms with van der Waals surface area (Å²) in [6, 6.07) is 15.3. The zero-order chi connectivity index (χ0) is 20.2. The van der Waals surface area contributed by atoms with Crippen LogP contribution in [0.1, 0.15) is 45.5 Å². The topological polar surface area (TPSA) is 55.2 Å². The van der Waals surface area contributed by atoms with Crippen LogP contribution in [0.3, 0.4) is 0 Å². The van der Waals surface area contributed by atoms with E-state index >= 15 is 0 Å². The molecule has 0 N–H and O–H groups in total. The molecule has 1 aromatic heterocycles. The fourth-order valence-corrected chi connectivity index (χ4v) is 3.93. The maximum absolute atomic E-state index is 13.1. The van der Waals surface area contributed by atoms with Crippen molar-refractivity contribution in [1.82, 2.24) is 14.5 Å². The molecular weight excluding hydrogens is 362 g/mol. The molecule has 2 aromatic carbocycles. The van der Waals surface area contributed by atoms with Gasteiger partial charge in [0.1, 0.15) is 0 Å². The van der Waals surface area contributed by atoms with E-state index in [-0.39, 0.29) is 17.6 Å². The van der Waals surface area contributed by atoms with Crippen molar-refractivity contribution in [2.75, 3.05) is 13.1 Å². The van der Waals surface area contributed by atoms with Crippen molar-refractivity contribution >= 4 is 11.7 Å². The Bertz CT molecular complexity index is 993. The van der Waals surface area contributed by atoms with E-state index in [4.69, 9.17) is 0 Å². The Balaban J connectivity index is 1.43. The smallest absolute Gasteiger partial charge is 0.253 e. The lowest BCUT2D eigenvalue weighted by atomic mass is 9.90. The van der Waals surface area contributed by atoms with Crippen molar-refractivity contribution in [2.45, 2.75) is 26.2 Å². The predicted molar refractivity (Wildman–Crippen MR) is 112 cm³/mol. The molecule has 1 amide bonds. The first-order valence-electron chi connectivity index (χ1n) is 10.1. The second-order valence-electron chi connectivity index (χ2n) is 7.77. The molecule has 1 aliphatic rings. The number of rotatable bonds is 5. The Hall–Kier alpha value is -3.21. The average Bonchev–Trinajstić information content (AvgIpc) is 3.29. The Morgan fingerprint density at radius 3 is 2.69 bits per heavy atom. The van der Waals surface area contributed by atoms with E-state index in [1.807, 2.05) is 71.1 Å². The number of likely N-dealkylation sites (tertiary alicyclic amines) is 1. The molecule has 4 rings (SSSR count). The molecule has 0 aliphatic carbocycles. The molecule has 1 unspecified atom stereocenters. The number of benzene rings is 2. The first-order valence-corrected chi connectivity index (χ1v) is 10.1. The van der Waals surface area contributed by atoms with Gasteiger partial charge in [-0.05, 0) is 43.9 Å². The number of nitrogens with zero attached hydrogens (tertiary/aromatic N) is 3. The van der Waals surface area contributed by atoms with Crippen LogP contribution in [0.4, 0.5) is 0 Å². The Morgan fingerprint density at radius 2 is 1.93 bits per heavy atom. The van der Waals surface area contributed by atoms with Crippen LogP contribution in [-0.4, -0.2) is 39.2 Å². The van der Waals surface area contributed by atoms with Crippen LogP contribution >= 0.6 is 0 Å². The molecule has 0 bridgehead atoms. The van der Waals surface area contributed by atoms with Crippen molar-refractivity contribution in [2.24, 2.45) is 5.92 Å². The van der Waals surface area contributed by atoms with E-state index in [1.165, 1.54) is 0 Å². The lowest BCUT2D eigenvalue weighted by Gasteiger charge is -2.32. The number of piperidine rings is 1. The highest BCUT2D eigenvalue weighted by Gasteiger charge is 2.26. The molecule has 2 heterocycles. The number of Topliss-reactive ketones (excluding diaryl/α,β-unsaturated/α-hetero) is 1. The van der Waals surface area contributed by atoms with E-state index in [0.717, 1.165) is 36.2 Å². The van der Waals surface area contributed by atoms with Crippen molar-refractivity contribution in [3.63, 3.8) is 0 Å². The number of imidazole rings is 1. The number of amides is 1. The van der Waals surface area contributed by atoms with Crippen molar-refractivity contribution in [3.05, 3.63) is 83.9 Å². The highest BCUT2D eigenvalue weighted by atomic mass is 16.2. The number of hydrogen-bond acceptors (Lipinski definition) is 3. The monoisotopic (exact) mass is 387 g/mol. The van der Waals surface area contributed by atoms with E-state index in [0.29, 0.717) is 18.5 Å². The fourth-order valence-electron chi connectivity index (χ4n) is 3.93. The Kier molecular flexibility index (Phi) is 5.56. The lowest BCUT2D eigenvalue weighted by molar-refractivity contribution is 0.0652. The lowest BCUT2D eigenvalue weighted by Crippen LogP contribution is -2.40. The standard InChI is InChI=1S/C24H25N3O2/c1-18-7-9-20(10-8-18)23(28)14-19-4-3-12-26(16-19)24(29)21-5-2-6-22(15-21)27-13-11-25-17-27/h2,5-11,13,15,17,19H,3-4,12,14,16H2,1H3. The normalized spacial score (nSPS) is 16.6. The van der Waals surface area contributed by atoms with Crippen molar-refractivity contribution in [1.29, 1.82) is 0 Å². The summed E-state index contributed by atoms with van der Waals surface area (Å²) in [7, 11) is 0. The second-order valence-corrected chi connectivity index (χ2v) is 7.77. The third-order valence-corrected chi connectivity index (χ3v) is 5.55. The summed E-state index contributed by atoms with van der Waals surface area (Å²) in [5.41, 5.74) is 3.49. The van der Waals surface area contributed by atoms with Gasteiger partial charge in [0.2, 0.25) is 0 Å². The largest absolute Gasteiger partial charge is 0.338 e. The van der Waals surface area contributed by atoms with E-state index < -0.39 is 0 Å². The number of carbonyl (C=O) groups is 2. The Morgan fingerprint density at radius 1 is 1.10 bits per heavy atom. The maximum Gasteiger partial charge on any atom is 0.253 e. The zero-order valence-corrected chi connectivity index (χ0v) is 16.6. The summed E-state index contributed by atoms with van der Waals surface area (Å²) in [5, 5.41) is 0. The molecule has 0 saturated carbocycles. The molecule has 1 fully saturated rings. The first kappa shape index (κ1) is 19.1. The van der Waals surface area contributed by atoms with Crippen molar-refractivity contribution < 1.29 is 9.59 Å². The molecule has 1 atom stereocenters. The molecule has 1 aliphatic heterocycles. The van der Waals surface area contributed by atoms with Gasteiger partial charge in [-0.3, -0.25) is 9.59 Å². The van der Waals surface area contributed by atoms with Crippen LogP contribution in [0.2, 0.25) is 0 Å². The molecule has 148 valence electrons. The van der Waals surface area contributed by atoms with Crippen LogP contribution in [0.15, 0.2) is 67.3 Å². The number of carbonyl (C=O) groups excluding carboxylic acids is 2. The van der Waals surface area contributed by atoms with Gasteiger partial charge in [0, 0.05) is 48.7 Å². The van der Waals surface area contributed by atoms with E-state index in [9.17, 15) is 9.59 Å². The van der Waals surface area contributed by atoms with Gasteiger partial charge in [0.25, 0.3) is 5.91 Å². The molecule has 1 saturated heterocycles. The van der Waals surface area contributed by atoms with Gasteiger partial charge in [0.15, 0.2) is 5.78 Å². The van der Waals surface area contributed by atoms with Crippen LogP contribution in [0.5, 0.6) is 0 Å². The minimum atomic E-state index is 0.0273. The highest BCUT2D eigenvalue weighted by Crippen LogP contribution is 2.24. The summed E-state index contributed by atoms with van der Waals surface area (Å²) in [5.74, 6) is 0.393. The van der Waals surface area contributed by atoms with E-state index in [2.05, 4.69) is 4.98 Å². The first-order chi connectivity index (χ1) is 14.1. The van der Waals surface area contributed by atoms with Crippen LogP contribution < -0.4 is 0 Å². The summed E-state index contributed by atoms with van der Waals surface area (Å²) in [4.78, 5) is 31.7. The number of aryl methyl sites for hydroxylation is 1. The third-order valence-electron chi connectivity index (χ3n) is 5.55. The van der Waals surface area contributed by atoms with Crippen LogP contribution in [-0.2, 0) is 0 Å². The van der Waals surface area contributed by atoms with Gasteiger partial charge < -0.3 is 9.47 Å². The second kappa shape index (κ2) is 8.43. The van der Waals surface area contributed by atoms with Gasteiger partial charge in [-0.25, -0.2) is 4.98 Å². The molecule has 0 spiro atoms. The fraction of sp³-hybridized carbons (Fsp3) is 0.292. The molecule has 0 radical (unpaired) electrons. The molecular formula is C24H25N3O2. The third kappa shape index (κ3) is 4.45.